The Morgan fingerprint density at radius 2 is 1.90 bits per heavy atom. The number of hydrogen-bond acceptors (Lipinski definition) is 5. The van der Waals surface area contributed by atoms with Gasteiger partial charge in [0.15, 0.2) is 0 Å². The van der Waals surface area contributed by atoms with Gasteiger partial charge in [-0.3, -0.25) is 14.8 Å². The van der Waals surface area contributed by atoms with Crippen molar-refractivity contribution in [1.29, 1.82) is 0 Å². The summed E-state index contributed by atoms with van der Waals surface area (Å²) >= 11 is 5.79. The van der Waals surface area contributed by atoms with Crippen molar-refractivity contribution in [3.05, 3.63) is 57.6 Å². The number of rotatable bonds is 4. The Hall–Kier alpha value is -2.32. The molecule has 2 aromatic carbocycles. The highest BCUT2D eigenvalue weighted by Crippen LogP contribution is 2.28. The van der Waals surface area contributed by atoms with E-state index in [1.807, 2.05) is 0 Å². The summed E-state index contributed by atoms with van der Waals surface area (Å²) in [5.41, 5.74) is -0.284. The zero-order valence-corrected chi connectivity index (χ0v) is 11.9. The van der Waals surface area contributed by atoms with Crippen LogP contribution >= 0.6 is 11.6 Å². The van der Waals surface area contributed by atoms with E-state index in [-0.39, 0.29) is 16.5 Å². The third-order valence-electron chi connectivity index (χ3n) is 2.51. The van der Waals surface area contributed by atoms with Crippen molar-refractivity contribution in [2.24, 2.45) is 0 Å². The number of phenolic OH excluding ortho intramolecular Hbond substituents is 1. The van der Waals surface area contributed by atoms with Crippen LogP contribution in [-0.2, 0) is 10.0 Å². The first-order valence-corrected chi connectivity index (χ1v) is 7.41. The third-order valence-corrected chi connectivity index (χ3v) is 4.38. The van der Waals surface area contributed by atoms with Crippen molar-refractivity contribution >= 4 is 33.0 Å². The van der Waals surface area contributed by atoms with Crippen LogP contribution in [0.2, 0.25) is 5.02 Å². The first kappa shape index (κ1) is 15.1. The SMILES string of the molecule is O=[N+]([O-])c1ccc(Cl)c(S(=O)(=O)Nc2cccc(O)c2)c1. The lowest BCUT2D eigenvalue weighted by Crippen LogP contribution is -2.13. The number of nitrogens with one attached hydrogen (secondary N) is 1. The Morgan fingerprint density at radius 3 is 2.52 bits per heavy atom. The second kappa shape index (κ2) is 5.58. The van der Waals surface area contributed by atoms with Gasteiger partial charge in [-0.2, -0.15) is 0 Å². The fourth-order valence-corrected chi connectivity index (χ4v) is 3.16. The normalized spacial score (nSPS) is 11.1. The largest absolute Gasteiger partial charge is 0.508 e. The predicted molar refractivity (Wildman–Crippen MR) is 77.0 cm³/mol. The molecular formula is C12H9ClN2O5S. The van der Waals surface area contributed by atoms with E-state index in [4.69, 9.17) is 11.6 Å². The molecule has 110 valence electrons. The summed E-state index contributed by atoms with van der Waals surface area (Å²) < 4.78 is 26.6. The van der Waals surface area contributed by atoms with Crippen LogP contribution in [0.15, 0.2) is 47.4 Å². The molecule has 0 spiro atoms. The zero-order valence-electron chi connectivity index (χ0n) is 10.4. The monoisotopic (exact) mass is 328 g/mol. The number of benzene rings is 2. The van der Waals surface area contributed by atoms with Crippen molar-refractivity contribution < 1.29 is 18.4 Å². The molecule has 0 saturated carbocycles. The number of non-ortho nitro benzene ring substituents is 1. The number of halogens is 1. The number of phenols is 1. The minimum absolute atomic E-state index is 0.109. The van der Waals surface area contributed by atoms with Gasteiger partial charge in [-0.1, -0.05) is 17.7 Å². The van der Waals surface area contributed by atoms with Gasteiger partial charge in [-0.15, -0.1) is 0 Å². The molecule has 21 heavy (non-hydrogen) atoms. The van der Waals surface area contributed by atoms with Crippen LogP contribution in [0.3, 0.4) is 0 Å². The van der Waals surface area contributed by atoms with Gasteiger partial charge in [-0.05, 0) is 18.2 Å². The number of sulfonamides is 1. The second-order valence-electron chi connectivity index (χ2n) is 4.03. The molecule has 0 unspecified atom stereocenters. The standard InChI is InChI=1S/C12H9ClN2O5S/c13-11-5-4-9(15(17)18)7-12(11)21(19,20)14-8-2-1-3-10(16)6-8/h1-7,14,16H. The second-order valence-corrected chi connectivity index (χ2v) is 6.09. The number of aromatic hydroxyl groups is 1. The minimum Gasteiger partial charge on any atom is -0.508 e. The molecule has 0 amide bonds. The molecule has 0 heterocycles. The lowest BCUT2D eigenvalue weighted by Gasteiger charge is -2.09. The average molecular weight is 329 g/mol. The van der Waals surface area contributed by atoms with E-state index in [0.29, 0.717) is 0 Å². The van der Waals surface area contributed by atoms with Crippen LogP contribution < -0.4 is 4.72 Å². The van der Waals surface area contributed by atoms with Crippen LogP contribution in [0.4, 0.5) is 11.4 Å². The maximum absolute atomic E-state index is 12.2. The Labute approximate surface area is 125 Å². The van der Waals surface area contributed by atoms with Crippen molar-refractivity contribution in [2.75, 3.05) is 4.72 Å². The van der Waals surface area contributed by atoms with Crippen molar-refractivity contribution in [2.45, 2.75) is 4.90 Å². The number of hydrogen-bond donors (Lipinski definition) is 2. The summed E-state index contributed by atoms with van der Waals surface area (Å²) in [6.45, 7) is 0. The molecular weight excluding hydrogens is 320 g/mol. The third kappa shape index (κ3) is 3.41. The van der Waals surface area contributed by atoms with Crippen molar-refractivity contribution in [3.63, 3.8) is 0 Å². The number of nitro benzene ring substituents is 1. The summed E-state index contributed by atoms with van der Waals surface area (Å²) in [5, 5.41) is 19.9. The predicted octanol–water partition coefficient (Wildman–Crippen LogP) is 2.75. The van der Waals surface area contributed by atoms with E-state index in [0.717, 1.165) is 18.2 Å². The number of anilines is 1. The molecule has 0 aliphatic rings. The minimum atomic E-state index is -4.11. The molecule has 0 bridgehead atoms. The van der Waals surface area contributed by atoms with Gasteiger partial charge in [0, 0.05) is 18.2 Å². The molecule has 0 saturated heterocycles. The van der Waals surface area contributed by atoms with Crippen molar-refractivity contribution in [1.82, 2.24) is 0 Å². The maximum Gasteiger partial charge on any atom is 0.270 e. The van der Waals surface area contributed by atoms with E-state index in [9.17, 15) is 23.6 Å². The summed E-state index contributed by atoms with van der Waals surface area (Å²) in [4.78, 5) is 9.57. The highest BCUT2D eigenvalue weighted by Gasteiger charge is 2.21. The van der Waals surface area contributed by atoms with Gasteiger partial charge >= 0.3 is 0 Å². The molecule has 0 radical (unpaired) electrons. The summed E-state index contributed by atoms with van der Waals surface area (Å²) in [5.74, 6) is -0.125. The molecule has 0 fully saturated rings. The number of nitrogens with zero attached hydrogens (tertiary/aromatic N) is 1. The average Bonchev–Trinajstić information content (AvgIpc) is 2.38. The molecule has 0 atom stereocenters. The van der Waals surface area contributed by atoms with Gasteiger partial charge in [0.1, 0.15) is 10.6 Å². The van der Waals surface area contributed by atoms with Gasteiger partial charge in [0.2, 0.25) is 0 Å². The van der Waals surface area contributed by atoms with E-state index in [2.05, 4.69) is 4.72 Å². The molecule has 2 N–H and O–H groups in total. The highest BCUT2D eigenvalue weighted by atomic mass is 35.5. The molecule has 0 aromatic heterocycles. The quantitative estimate of drug-likeness (QED) is 0.662. The summed E-state index contributed by atoms with van der Waals surface area (Å²) in [6, 6.07) is 8.55. The molecule has 0 aliphatic heterocycles. The first-order chi connectivity index (χ1) is 9.79. The van der Waals surface area contributed by atoms with Crippen LogP contribution in [0.1, 0.15) is 0 Å². The van der Waals surface area contributed by atoms with Crippen LogP contribution in [0.25, 0.3) is 0 Å². The molecule has 2 aromatic rings. The Bertz CT molecular complexity index is 807. The zero-order chi connectivity index (χ0) is 15.6. The van der Waals surface area contributed by atoms with Crippen LogP contribution in [-0.4, -0.2) is 18.4 Å². The maximum atomic E-state index is 12.2. The van der Waals surface area contributed by atoms with E-state index >= 15 is 0 Å². The van der Waals surface area contributed by atoms with E-state index in [1.54, 1.807) is 0 Å². The van der Waals surface area contributed by atoms with Gasteiger partial charge in [-0.25, -0.2) is 8.42 Å². The lowest BCUT2D eigenvalue weighted by atomic mass is 10.3. The highest BCUT2D eigenvalue weighted by molar-refractivity contribution is 7.92. The van der Waals surface area contributed by atoms with Gasteiger partial charge in [0.25, 0.3) is 15.7 Å². The molecule has 9 heteroatoms. The van der Waals surface area contributed by atoms with Gasteiger partial charge < -0.3 is 5.11 Å². The number of nitro groups is 1. The smallest absolute Gasteiger partial charge is 0.270 e. The lowest BCUT2D eigenvalue weighted by molar-refractivity contribution is -0.385. The Balaban J connectivity index is 2.44. The molecule has 7 nitrogen and oxygen atoms in total. The fraction of sp³-hybridized carbons (Fsp3) is 0. The van der Waals surface area contributed by atoms with E-state index < -0.39 is 25.5 Å². The first-order valence-electron chi connectivity index (χ1n) is 5.55. The van der Waals surface area contributed by atoms with Crippen molar-refractivity contribution in [3.8, 4) is 5.75 Å². The molecule has 0 aliphatic carbocycles. The fourth-order valence-electron chi connectivity index (χ4n) is 1.59. The van der Waals surface area contributed by atoms with Gasteiger partial charge in [0.05, 0.1) is 15.6 Å². The molecule has 2 rings (SSSR count). The topological polar surface area (TPSA) is 110 Å². The van der Waals surface area contributed by atoms with Crippen LogP contribution in [0.5, 0.6) is 5.75 Å². The van der Waals surface area contributed by atoms with Crippen LogP contribution in [0, 0.1) is 10.1 Å². The summed E-state index contributed by atoms with van der Waals surface area (Å²) in [6.07, 6.45) is 0. The summed E-state index contributed by atoms with van der Waals surface area (Å²) in [7, 11) is -4.11. The van der Waals surface area contributed by atoms with E-state index in [1.165, 1.54) is 24.3 Å². The Morgan fingerprint density at radius 1 is 1.19 bits per heavy atom. The Kier molecular flexibility index (Phi) is 4.01.